The Hall–Kier alpha value is -2.75. The molecule has 8 nitrogen and oxygen atoms in total. The van der Waals surface area contributed by atoms with Gasteiger partial charge in [0.05, 0.1) is 12.4 Å². The number of benzene rings is 1. The van der Waals surface area contributed by atoms with E-state index >= 15 is 0 Å². The molecule has 2 aliphatic heterocycles. The first-order valence-corrected chi connectivity index (χ1v) is 9.43. The van der Waals surface area contributed by atoms with E-state index in [1.165, 1.54) is 0 Å². The fourth-order valence-corrected chi connectivity index (χ4v) is 4.06. The molecule has 1 aromatic carbocycles. The number of aliphatic imine (C=N–C) groups is 2. The van der Waals surface area contributed by atoms with Crippen LogP contribution in [0, 0.1) is 0 Å². The number of fused-ring (bicyclic) bond motifs is 1. The molecule has 2 unspecified atom stereocenters. The molecule has 1 aromatic heterocycles. The zero-order valence-electron chi connectivity index (χ0n) is 14.4. The highest BCUT2D eigenvalue weighted by atomic mass is 32.2. The zero-order valence-corrected chi connectivity index (χ0v) is 15.2. The minimum atomic E-state index is -1.15. The van der Waals surface area contributed by atoms with Crippen molar-refractivity contribution in [1.82, 2.24) is 14.4 Å². The lowest BCUT2D eigenvalue weighted by atomic mass is 10.1. The first-order chi connectivity index (χ1) is 12.5. The van der Waals surface area contributed by atoms with E-state index in [4.69, 9.17) is 5.73 Å². The van der Waals surface area contributed by atoms with Crippen LogP contribution in [0.2, 0.25) is 0 Å². The number of amidine groups is 1. The Labute approximate surface area is 153 Å². The summed E-state index contributed by atoms with van der Waals surface area (Å²) in [4.78, 5) is 9.64. The Morgan fingerprint density at radius 3 is 2.85 bits per heavy atom. The zero-order chi connectivity index (χ0) is 18.3. The van der Waals surface area contributed by atoms with Crippen molar-refractivity contribution >= 4 is 34.4 Å². The highest BCUT2D eigenvalue weighted by Crippen LogP contribution is 2.37. The van der Waals surface area contributed by atoms with Crippen molar-refractivity contribution in [3.8, 4) is 0 Å². The number of aryl methyl sites for hydroxylation is 1. The second-order valence-electron chi connectivity index (χ2n) is 5.86. The maximum Gasteiger partial charge on any atom is 0.295 e. The Balaban J connectivity index is 1.90. The molecule has 2 aliphatic rings. The second-order valence-corrected chi connectivity index (χ2v) is 7.57. The van der Waals surface area contributed by atoms with Crippen LogP contribution in [0.25, 0.3) is 0 Å². The topological polar surface area (TPSA) is 104 Å². The standard InChI is InChI=1S/C17H18N7OS/c1-3-26(25)14-7-5-4-6-13(14)24-9-8-19-15(12-10-20-23(2)11-12)16(24)21-17(18)22-24/h4-11H,3H2,1-2H3,(H2,18,22)/q+1. The van der Waals surface area contributed by atoms with Gasteiger partial charge in [0.2, 0.25) is 10.6 Å². The Morgan fingerprint density at radius 2 is 2.12 bits per heavy atom. The molecule has 0 aliphatic carbocycles. The number of guanidine groups is 1. The Morgan fingerprint density at radius 1 is 1.31 bits per heavy atom. The van der Waals surface area contributed by atoms with Crippen LogP contribution in [0.5, 0.6) is 0 Å². The summed E-state index contributed by atoms with van der Waals surface area (Å²) >= 11 is -1.15. The van der Waals surface area contributed by atoms with Crippen molar-refractivity contribution in [1.29, 1.82) is 0 Å². The third kappa shape index (κ3) is 2.48. The van der Waals surface area contributed by atoms with Gasteiger partial charge in [-0.15, -0.1) is 0 Å². The quantitative estimate of drug-likeness (QED) is 0.653. The van der Waals surface area contributed by atoms with Gasteiger partial charge < -0.3 is 10.3 Å². The highest BCUT2D eigenvalue weighted by Gasteiger charge is 2.49. The van der Waals surface area contributed by atoms with Crippen molar-refractivity contribution in [2.75, 3.05) is 5.75 Å². The number of para-hydroxylation sites is 1. The Kier molecular flexibility index (Phi) is 3.98. The van der Waals surface area contributed by atoms with Crippen molar-refractivity contribution < 1.29 is 4.55 Å². The first-order valence-electron chi connectivity index (χ1n) is 8.11. The van der Waals surface area contributed by atoms with Crippen LogP contribution in [0.3, 0.4) is 0 Å². The van der Waals surface area contributed by atoms with Gasteiger partial charge in [-0.2, -0.15) is 10.1 Å². The lowest BCUT2D eigenvalue weighted by Crippen LogP contribution is -2.48. The number of nitrogens with zero attached hydrogens (tertiary/aromatic N) is 6. The lowest BCUT2D eigenvalue weighted by Gasteiger charge is -2.27. The fourth-order valence-electron chi connectivity index (χ4n) is 3.08. The number of quaternary nitrogens is 1. The van der Waals surface area contributed by atoms with E-state index in [0.717, 1.165) is 11.3 Å². The molecule has 132 valence electrons. The van der Waals surface area contributed by atoms with Gasteiger partial charge in [-0.25, -0.2) is 4.99 Å². The summed E-state index contributed by atoms with van der Waals surface area (Å²) in [7, 11) is 1.84. The molecule has 2 N–H and O–H groups in total. The van der Waals surface area contributed by atoms with Gasteiger partial charge in [0.1, 0.15) is 5.75 Å². The van der Waals surface area contributed by atoms with Gasteiger partial charge in [-0.3, -0.25) is 4.68 Å². The number of hydrogen-bond donors (Lipinski definition) is 1. The molecule has 2 aromatic rings. The molecule has 2 atom stereocenters. The van der Waals surface area contributed by atoms with Crippen LogP contribution in [0.15, 0.2) is 69.0 Å². The van der Waals surface area contributed by atoms with Crippen molar-refractivity contribution in [2.45, 2.75) is 11.8 Å². The highest BCUT2D eigenvalue weighted by molar-refractivity contribution is 7.91. The number of hydrogen-bond acceptors (Lipinski definition) is 6. The van der Waals surface area contributed by atoms with Gasteiger partial charge in [-0.05, 0) is 29.3 Å². The van der Waals surface area contributed by atoms with E-state index in [2.05, 4.69) is 20.2 Å². The fraction of sp³-hybridized carbons (Fsp3) is 0.176. The second kappa shape index (κ2) is 6.20. The maximum atomic E-state index is 12.6. The molecule has 3 heterocycles. The molecule has 4 rings (SSSR count). The molecule has 0 bridgehead atoms. The molecule has 26 heavy (non-hydrogen) atoms. The molecule has 0 amide bonds. The lowest BCUT2D eigenvalue weighted by molar-refractivity contribution is 0.567. The molecular formula is C17H18N7OS+. The number of aromatic nitrogens is 2. The average Bonchev–Trinajstić information content (AvgIpc) is 3.23. The predicted octanol–water partition coefficient (Wildman–Crippen LogP) is 1.47. The van der Waals surface area contributed by atoms with Crippen molar-refractivity contribution in [3.05, 3.63) is 54.6 Å². The first kappa shape index (κ1) is 16.7. The molecule has 0 radical (unpaired) electrons. The SMILES string of the molecule is CC[S+]([O-])c1ccccc1[N+]12C=CN=C(c3cnn(C)c3)C1=NC(N)=N2. The number of nitrogens with two attached hydrogens (primary N) is 1. The summed E-state index contributed by atoms with van der Waals surface area (Å²) in [5.41, 5.74) is 8.19. The van der Waals surface area contributed by atoms with Crippen molar-refractivity contribution in [2.24, 2.45) is 27.9 Å². The van der Waals surface area contributed by atoms with Crippen LogP contribution in [-0.4, -0.2) is 37.6 Å². The third-order valence-corrected chi connectivity index (χ3v) is 5.58. The summed E-state index contributed by atoms with van der Waals surface area (Å²) in [5, 5.41) is 8.78. The predicted molar refractivity (Wildman–Crippen MR) is 103 cm³/mol. The van der Waals surface area contributed by atoms with Gasteiger partial charge in [0.25, 0.3) is 11.8 Å². The summed E-state index contributed by atoms with van der Waals surface area (Å²) in [6.45, 7) is 1.89. The van der Waals surface area contributed by atoms with Crippen LogP contribution >= 0.6 is 0 Å². The normalized spacial score (nSPS) is 22.5. The summed E-state index contributed by atoms with van der Waals surface area (Å²) in [5.74, 6) is 1.23. The van der Waals surface area contributed by atoms with Crippen LogP contribution in [0.1, 0.15) is 12.5 Å². The molecule has 9 heteroatoms. The maximum absolute atomic E-state index is 12.6. The van der Waals surface area contributed by atoms with Gasteiger partial charge >= 0.3 is 0 Å². The largest absolute Gasteiger partial charge is 0.611 e. The van der Waals surface area contributed by atoms with Crippen LogP contribution in [0.4, 0.5) is 5.69 Å². The van der Waals surface area contributed by atoms with E-state index in [1.807, 2.05) is 44.4 Å². The summed E-state index contributed by atoms with van der Waals surface area (Å²) in [6.07, 6.45) is 7.05. The smallest absolute Gasteiger partial charge is 0.295 e. The molecule has 0 saturated carbocycles. The van der Waals surface area contributed by atoms with E-state index in [-0.39, 0.29) is 10.6 Å². The van der Waals surface area contributed by atoms with E-state index in [0.29, 0.717) is 22.2 Å². The van der Waals surface area contributed by atoms with Crippen LogP contribution < -0.4 is 10.3 Å². The molecule has 0 spiro atoms. The van der Waals surface area contributed by atoms with E-state index in [1.54, 1.807) is 23.3 Å². The molecule has 0 fully saturated rings. The molecule has 0 saturated heterocycles. The minimum Gasteiger partial charge on any atom is -0.611 e. The van der Waals surface area contributed by atoms with Crippen molar-refractivity contribution in [3.63, 3.8) is 0 Å². The summed E-state index contributed by atoms with van der Waals surface area (Å²) < 4.78 is 14.2. The van der Waals surface area contributed by atoms with E-state index < -0.39 is 11.2 Å². The van der Waals surface area contributed by atoms with Crippen LogP contribution in [-0.2, 0) is 18.2 Å². The monoisotopic (exact) mass is 368 g/mol. The Bertz CT molecular complexity index is 991. The van der Waals surface area contributed by atoms with Gasteiger partial charge in [0.15, 0.2) is 11.9 Å². The molecular weight excluding hydrogens is 350 g/mol. The number of rotatable bonds is 4. The van der Waals surface area contributed by atoms with Gasteiger partial charge in [0, 0.05) is 24.9 Å². The average molecular weight is 368 g/mol. The van der Waals surface area contributed by atoms with E-state index in [9.17, 15) is 4.55 Å². The third-order valence-electron chi connectivity index (χ3n) is 4.22. The van der Waals surface area contributed by atoms with Gasteiger partial charge in [-0.1, -0.05) is 16.7 Å². The minimum absolute atomic E-state index is 0.0819. The summed E-state index contributed by atoms with van der Waals surface area (Å²) in [6, 6.07) is 7.52.